The third-order valence-electron chi connectivity index (χ3n) is 6.08. The van der Waals surface area contributed by atoms with Crippen LogP contribution in [-0.4, -0.2) is 10.5 Å². The van der Waals surface area contributed by atoms with Crippen molar-refractivity contribution in [3.05, 3.63) is 118 Å². The van der Waals surface area contributed by atoms with Gasteiger partial charge in [-0.25, -0.2) is 0 Å². The normalized spacial score (nSPS) is 14.4. The topological polar surface area (TPSA) is 51.1 Å². The second kappa shape index (κ2) is 9.32. The zero-order valence-electron chi connectivity index (χ0n) is 19.6. The van der Waals surface area contributed by atoms with Crippen LogP contribution in [0.3, 0.4) is 0 Å². The number of hydrogen-bond donors (Lipinski definition) is 1. The van der Waals surface area contributed by atoms with Crippen molar-refractivity contribution in [3.63, 3.8) is 0 Å². The fourth-order valence-electron chi connectivity index (χ4n) is 4.41. The van der Waals surface area contributed by atoms with Gasteiger partial charge >= 0.3 is 0 Å². The Hall–Kier alpha value is -4.62. The van der Waals surface area contributed by atoms with Crippen molar-refractivity contribution in [2.45, 2.75) is 20.4 Å². The van der Waals surface area contributed by atoms with Crippen LogP contribution in [0.15, 0.2) is 101 Å². The van der Waals surface area contributed by atoms with Crippen molar-refractivity contribution in [2.75, 3.05) is 5.32 Å². The summed E-state index contributed by atoms with van der Waals surface area (Å²) < 4.78 is 1.73. The van der Waals surface area contributed by atoms with E-state index in [4.69, 9.17) is 0 Å². The van der Waals surface area contributed by atoms with E-state index in [1.54, 1.807) is 4.57 Å². The summed E-state index contributed by atoms with van der Waals surface area (Å²) in [6.07, 6.45) is 7.75. The van der Waals surface area contributed by atoms with Crippen LogP contribution < -0.4 is 10.9 Å². The van der Waals surface area contributed by atoms with Crippen LogP contribution in [0.5, 0.6) is 0 Å². The van der Waals surface area contributed by atoms with Crippen molar-refractivity contribution in [1.82, 2.24) is 4.57 Å². The second-order valence-corrected chi connectivity index (χ2v) is 8.46. The van der Waals surface area contributed by atoms with Gasteiger partial charge in [-0.1, -0.05) is 72.0 Å². The minimum Gasteiger partial charge on any atom is -0.321 e. The predicted octanol–water partition coefficient (Wildman–Crippen LogP) is 6.06. The number of nitrogens with one attached hydrogen (secondary N) is 1. The molecule has 3 aromatic carbocycles. The van der Waals surface area contributed by atoms with Crippen LogP contribution in [0.1, 0.15) is 25.0 Å². The lowest BCUT2D eigenvalue weighted by molar-refractivity contribution is -0.110. The van der Waals surface area contributed by atoms with Crippen molar-refractivity contribution in [2.24, 2.45) is 0 Å². The van der Waals surface area contributed by atoms with Gasteiger partial charge in [-0.2, -0.15) is 0 Å². The van der Waals surface area contributed by atoms with E-state index in [1.807, 2.05) is 105 Å². The highest BCUT2D eigenvalue weighted by atomic mass is 16.2. The molecule has 1 N–H and O–H groups in total. The lowest BCUT2D eigenvalue weighted by atomic mass is 10.0. The number of amides is 1. The van der Waals surface area contributed by atoms with Gasteiger partial charge in [-0.15, -0.1) is 0 Å². The Balaban J connectivity index is 1.51. The molecule has 0 saturated carbocycles. The maximum atomic E-state index is 13.2. The van der Waals surface area contributed by atoms with Gasteiger partial charge in [0.05, 0.1) is 12.1 Å². The molecule has 1 amide bonds. The van der Waals surface area contributed by atoms with Gasteiger partial charge in [0.15, 0.2) is 0 Å². The molecule has 1 aliphatic heterocycles. The summed E-state index contributed by atoms with van der Waals surface area (Å²) in [5, 5.41) is 5.58. The number of fused-ring (bicyclic) bond motifs is 4. The van der Waals surface area contributed by atoms with E-state index in [0.717, 1.165) is 38.7 Å². The SMILES string of the molecule is C\C=C/C=C(C)/C=C1\C(=O)Nc2ccc(C#CCn3c(=O)c4ccccc4c4ccccc43)cc21. The highest BCUT2D eigenvalue weighted by Crippen LogP contribution is 2.33. The fourth-order valence-corrected chi connectivity index (χ4v) is 4.41. The molecule has 0 fully saturated rings. The molecule has 4 aromatic rings. The lowest BCUT2D eigenvalue weighted by Crippen LogP contribution is -2.20. The van der Waals surface area contributed by atoms with Crippen LogP contribution in [0, 0.1) is 11.8 Å². The van der Waals surface area contributed by atoms with E-state index in [-0.39, 0.29) is 18.0 Å². The van der Waals surface area contributed by atoms with Gasteiger partial charge < -0.3 is 5.32 Å². The molecule has 0 unspecified atom stereocenters. The van der Waals surface area contributed by atoms with Crippen LogP contribution in [0.25, 0.3) is 27.2 Å². The molecule has 0 spiro atoms. The first-order valence-corrected chi connectivity index (χ1v) is 11.5. The molecule has 0 radical (unpaired) electrons. The molecule has 35 heavy (non-hydrogen) atoms. The second-order valence-electron chi connectivity index (χ2n) is 8.46. The van der Waals surface area contributed by atoms with Crippen molar-refractivity contribution in [3.8, 4) is 11.8 Å². The van der Waals surface area contributed by atoms with Crippen molar-refractivity contribution >= 4 is 38.8 Å². The van der Waals surface area contributed by atoms with Gasteiger partial charge in [0.2, 0.25) is 0 Å². The Labute approximate surface area is 203 Å². The Morgan fingerprint density at radius 3 is 2.51 bits per heavy atom. The van der Waals surface area contributed by atoms with E-state index in [0.29, 0.717) is 11.0 Å². The fraction of sp³-hybridized carbons (Fsp3) is 0.0968. The molecule has 170 valence electrons. The van der Waals surface area contributed by atoms with Crippen LogP contribution in [0.2, 0.25) is 0 Å². The summed E-state index contributed by atoms with van der Waals surface area (Å²) in [4.78, 5) is 25.7. The first kappa shape index (κ1) is 22.2. The molecule has 0 saturated heterocycles. The summed E-state index contributed by atoms with van der Waals surface area (Å²) in [5.74, 6) is 6.24. The first-order valence-electron chi connectivity index (χ1n) is 11.5. The highest BCUT2D eigenvalue weighted by Gasteiger charge is 2.24. The van der Waals surface area contributed by atoms with Crippen LogP contribution in [-0.2, 0) is 11.3 Å². The number of para-hydroxylation sites is 1. The number of benzene rings is 3. The van der Waals surface area contributed by atoms with E-state index in [1.165, 1.54) is 0 Å². The summed E-state index contributed by atoms with van der Waals surface area (Å²) in [6, 6.07) is 21.3. The lowest BCUT2D eigenvalue weighted by Gasteiger charge is -2.10. The number of carbonyl (C=O) groups excluding carboxylic acids is 1. The standard InChI is InChI=1S/C31H24N2O2/c1-3-4-10-21(2)19-27-26-20-22(16-17-28(26)32-30(27)34)11-9-18-33-29-15-8-7-13-24(29)23-12-5-6-14-25(23)31(33)35/h3-8,10,12-17,19-20H,18H2,1-2H3,(H,32,34)/b4-3-,21-10+,27-19-. The molecule has 4 nitrogen and oxygen atoms in total. The number of anilines is 1. The largest absolute Gasteiger partial charge is 0.321 e. The number of allylic oxidation sites excluding steroid dienone is 5. The Bertz CT molecular complexity index is 1710. The summed E-state index contributed by atoms with van der Waals surface area (Å²) in [6.45, 7) is 4.19. The molecular formula is C31H24N2O2. The number of pyridine rings is 1. The van der Waals surface area contributed by atoms with Gasteiger partial charge in [-0.3, -0.25) is 14.2 Å². The number of carbonyl (C=O) groups is 1. The van der Waals surface area contributed by atoms with Crippen molar-refractivity contribution in [1.29, 1.82) is 0 Å². The zero-order chi connectivity index (χ0) is 24.4. The zero-order valence-corrected chi connectivity index (χ0v) is 19.6. The molecule has 4 heteroatoms. The van der Waals surface area contributed by atoms with Crippen molar-refractivity contribution < 1.29 is 4.79 Å². The third-order valence-corrected chi connectivity index (χ3v) is 6.08. The first-order chi connectivity index (χ1) is 17.1. The maximum absolute atomic E-state index is 13.2. The monoisotopic (exact) mass is 456 g/mol. The molecule has 5 rings (SSSR count). The highest BCUT2D eigenvalue weighted by molar-refractivity contribution is 6.32. The average molecular weight is 457 g/mol. The Morgan fingerprint density at radius 2 is 1.71 bits per heavy atom. The van der Waals surface area contributed by atoms with Crippen LogP contribution in [0.4, 0.5) is 5.69 Å². The molecule has 1 aromatic heterocycles. The molecule has 0 aliphatic carbocycles. The minimum atomic E-state index is -0.118. The maximum Gasteiger partial charge on any atom is 0.259 e. The summed E-state index contributed by atoms with van der Waals surface area (Å²) in [7, 11) is 0. The Morgan fingerprint density at radius 1 is 0.971 bits per heavy atom. The smallest absolute Gasteiger partial charge is 0.259 e. The summed E-state index contributed by atoms with van der Waals surface area (Å²) in [5.41, 5.74) is 4.83. The molecular weight excluding hydrogens is 432 g/mol. The minimum absolute atomic E-state index is 0.0500. The van der Waals surface area contributed by atoms with Gasteiger partial charge in [-0.05, 0) is 55.6 Å². The number of nitrogens with zero attached hydrogens (tertiary/aromatic N) is 1. The molecule has 0 bridgehead atoms. The summed E-state index contributed by atoms with van der Waals surface area (Å²) >= 11 is 0. The van der Waals surface area contributed by atoms with E-state index in [2.05, 4.69) is 17.2 Å². The number of hydrogen-bond acceptors (Lipinski definition) is 2. The Kier molecular flexibility index (Phi) is 5.91. The van der Waals surface area contributed by atoms with Gasteiger partial charge in [0.25, 0.3) is 11.5 Å². The quantitative estimate of drug-likeness (QED) is 0.176. The van der Waals surface area contributed by atoms with Gasteiger partial charge in [0.1, 0.15) is 0 Å². The van der Waals surface area contributed by atoms with E-state index in [9.17, 15) is 9.59 Å². The van der Waals surface area contributed by atoms with E-state index >= 15 is 0 Å². The number of aromatic nitrogens is 1. The molecule has 1 aliphatic rings. The third kappa shape index (κ3) is 4.20. The van der Waals surface area contributed by atoms with Crippen LogP contribution >= 0.6 is 0 Å². The van der Waals surface area contributed by atoms with E-state index < -0.39 is 0 Å². The number of rotatable bonds is 3. The van der Waals surface area contributed by atoms with Gasteiger partial charge in [0, 0.05) is 33.2 Å². The molecule has 2 heterocycles. The molecule has 0 atom stereocenters. The average Bonchev–Trinajstić information content (AvgIpc) is 3.19. The predicted molar refractivity (Wildman–Crippen MR) is 144 cm³/mol.